The Kier molecular flexibility index (Phi) is 7.78. The molecule has 3 amide bonds. The van der Waals surface area contributed by atoms with Gasteiger partial charge in [-0.05, 0) is 29.8 Å². The van der Waals surface area contributed by atoms with Gasteiger partial charge in [0.1, 0.15) is 40.8 Å². The maximum Gasteiger partial charge on any atom is 0.352 e. The number of benzene rings is 1. The minimum atomic E-state index is -1.57. The van der Waals surface area contributed by atoms with Gasteiger partial charge in [0.15, 0.2) is 11.5 Å². The maximum absolute atomic E-state index is 13.6. The molecule has 3 atom stereocenters. The largest absolute Gasteiger partial charge is 0.504 e. The summed E-state index contributed by atoms with van der Waals surface area (Å²) in [7, 11) is 0. The van der Waals surface area contributed by atoms with Gasteiger partial charge in [0, 0.05) is 30.6 Å². The summed E-state index contributed by atoms with van der Waals surface area (Å²) in [6, 6.07) is 3.80. The van der Waals surface area contributed by atoms with Crippen molar-refractivity contribution in [2.24, 2.45) is 0 Å². The highest BCUT2D eigenvalue weighted by Gasteiger charge is 2.54. The number of ether oxygens (including phenoxy) is 1. The van der Waals surface area contributed by atoms with Gasteiger partial charge in [-0.15, -0.1) is 11.8 Å². The molecule has 0 bridgehead atoms. The van der Waals surface area contributed by atoms with E-state index >= 15 is 0 Å². The molecule has 2 aliphatic rings. The number of esters is 1. The molecule has 43 heavy (non-hydrogen) atoms. The second kappa shape index (κ2) is 11.5. The molecular formula is C27H23N5O10S. The number of carbonyl (C=O) groups is 5. The van der Waals surface area contributed by atoms with Crippen molar-refractivity contribution in [2.45, 2.75) is 24.4 Å². The van der Waals surface area contributed by atoms with Crippen molar-refractivity contribution in [2.75, 3.05) is 12.4 Å². The van der Waals surface area contributed by atoms with Crippen LogP contribution in [0.3, 0.4) is 0 Å². The number of aliphatic carboxylic acids is 1. The molecular weight excluding hydrogens is 586 g/mol. The molecule has 222 valence electrons. The van der Waals surface area contributed by atoms with Crippen LogP contribution in [0.1, 0.15) is 28.9 Å². The van der Waals surface area contributed by atoms with E-state index in [2.05, 4.69) is 20.6 Å². The van der Waals surface area contributed by atoms with Gasteiger partial charge >= 0.3 is 11.9 Å². The first kappa shape index (κ1) is 29.1. The number of carboxylic acids is 1. The third-order valence-electron chi connectivity index (χ3n) is 6.75. The highest BCUT2D eigenvalue weighted by molar-refractivity contribution is 8.00. The molecule has 0 radical (unpaired) electrons. The second-order valence-electron chi connectivity index (χ2n) is 9.52. The fourth-order valence-corrected chi connectivity index (χ4v) is 5.99. The van der Waals surface area contributed by atoms with Gasteiger partial charge < -0.3 is 35.7 Å². The summed E-state index contributed by atoms with van der Waals surface area (Å²) in [5.41, 5.74) is -0.835. The smallest absolute Gasteiger partial charge is 0.352 e. The number of carbonyl (C=O) groups excluding carboxylic acids is 4. The second-order valence-corrected chi connectivity index (χ2v) is 10.6. The number of phenols is 2. The zero-order chi connectivity index (χ0) is 31.0. The normalized spacial score (nSPS) is 18.3. The first-order valence-corrected chi connectivity index (χ1v) is 13.7. The van der Waals surface area contributed by atoms with Crippen molar-refractivity contribution in [3.8, 4) is 11.5 Å². The van der Waals surface area contributed by atoms with Crippen LogP contribution in [0.15, 0.2) is 58.8 Å². The molecule has 1 aromatic carbocycles. The number of fused-ring (bicyclic) bond motifs is 2. The predicted octanol–water partition coefficient (Wildman–Crippen LogP) is 0.107. The molecule has 6 N–H and O–H groups in total. The van der Waals surface area contributed by atoms with Crippen LogP contribution < -0.4 is 16.1 Å². The Morgan fingerprint density at radius 1 is 1.19 bits per heavy atom. The van der Waals surface area contributed by atoms with Gasteiger partial charge in [0.05, 0.1) is 5.52 Å². The van der Waals surface area contributed by atoms with Gasteiger partial charge in [-0.3, -0.25) is 33.9 Å². The van der Waals surface area contributed by atoms with Crippen molar-refractivity contribution >= 4 is 52.5 Å². The number of pyridine rings is 2. The van der Waals surface area contributed by atoms with Crippen molar-refractivity contribution in [1.29, 1.82) is 0 Å². The van der Waals surface area contributed by atoms with Crippen LogP contribution in [0.4, 0.5) is 0 Å². The molecule has 2 aliphatic heterocycles. The molecule has 2 aromatic heterocycles. The Balaban J connectivity index is 1.41. The quantitative estimate of drug-likeness (QED) is 0.114. The number of phenolic OH excluding ortho intramolecular Hbond substituents is 2. The van der Waals surface area contributed by atoms with Crippen LogP contribution in [-0.4, -0.2) is 83.6 Å². The number of carboxylic acid groups (broad SMARTS) is 1. The number of rotatable bonds is 8. The third-order valence-corrected chi connectivity index (χ3v) is 8.09. The number of amides is 3. The van der Waals surface area contributed by atoms with E-state index in [0.29, 0.717) is 5.52 Å². The summed E-state index contributed by atoms with van der Waals surface area (Å²) in [5, 5.41) is 33.7. The predicted molar refractivity (Wildman–Crippen MR) is 149 cm³/mol. The number of aromatic nitrogens is 2. The van der Waals surface area contributed by atoms with Crippen molar-refractivity contribution < 1.29 is 44.0 Å². The molecule has 0 saturated carbocycles. The molecule has 3 aromatic rings. The number of thioether (sulfide) groups is 1. The monoisotopic (exact) mass is 609 g/mol. The van der Waals surface area contributed by atoms with E-state index in [1.54, 1.807) is 12.1 Å². The average molecular weight is 610 g/mol. The molecule has 0 aliphatic carbocycles. The minimum absolute atomic E-state index is 0.00575. The molecule has 4 heterocycles. The summed E-state index contributed by atoms with van der Waals surface area (Å²) in [5.74, 6) is -5.67. The number of hydrogen-bond acceptors (Lipinski definition) is 11. The van der Waals surface area contributed by atoms with Crippen molar-refractivity contribution in [3.63, 3.8) is 0 Å². The minimum Gasteiger partial charge on any atom is -0.504 e. The van der Waals surface area contributed by atoms with Crippen LogP contribution in [0, 0.1) is 0 Å². The number of nitrogens with zero attached hydrogens (tertiary/aromatic N) is 2. The standard InChI is InChI=1S/C27H23N5O10S/c1-11(33)42-9-13-10-43-26-20(25(39)32(26)21(13)27(40)41)31-24(38)18(12-4-5-16(34)17(35)7-12)30-23(37)14-8-29-15-3-2-6-28-19(15)22(14)36/h2-8,18,20,26,34-35H,9-10H2,1H3,(H,29,36)(H,30,37)(H,31,38)(H,40,41)/t18?,20-,26-/m1/s1. The SMILES string of the molecule is CC(=O)OCC1=C(C(=O)O)N2C(=O)[C@@H](NC(=O)C(NC(=O)c3c[nH]c4cccnc4c3=O)c3ccc(O)c(O)c3)[C@H]2SC1. The van der Waals surface area contributed by atoms with E-state index in [0.717, 1.165) is 41.9 Å². The molecule has 5 rings (SSSR count). The van der Waals surface area contributed by atoms with E-state index in [-0.39, 0.29) is 40.3 Å². The van der Waals surface area contributed by atoms with Gasteiger partial charge in [0.25, 0.3) is 11.8 Å². The Bertz CT molecular complexity index is 1790. The van der Waals surface area contributed by atoms with E-state index in [1.807, 2.05) is 0 Å². The number of aromatic hydroxyl groups is 2. The van der Waals surface area contributed by atoms with Crippen molar-refractivity contribution in [3.05, 3.63) is 75.3 Å². The van der Waals surface area contributed by atoms with Gasteiger partial charge in [-0.25, -0.2) is 4.79 Å². The number of nitrogens with one attached hydrogen (secondary N) is 3. The molecule has 0 spiro atoms. The van der Waals surface area contributed by atoms with Gasteiger partial charge in [-0.2, -0.15) is 0 Å². The topological polar surface area (TPSA) is 228 Å². The summed E-state index contributed by atoms with van der Waals surface area (Å²) in [4.78, 5) is 83.8. The van der Waals surface area contributed by atoms with Gasteiger partial charge in [0.2, 0.25) is 11.3 Å². The lowest BCUT2D eigenvalue weighted by molar-refractivity contribution is -0.151. The Labute approximate surface area is 245 Å². The zero-order valence-electron chi connectivity index (χ0n) is 22.2. The molecule has 1 saturated heterocycles. The molecule has 1 unspecified atom stereocenters. The highest BCUT2D eigenvalue weighted by Crippen LogP contribution is 2.40. The number of aromatic amines is 1. The average Bonchev–Trinajstić information content (AvgIpc) is 2.98. The van der Waals surface area contributed by atoms with Crippen LogP contribution in [0.25, 0.3) is 11.0 Å². The van der Waals surface area contributed by atoms with E-state index < -0.39 is 64.0 Å². The lowest BCUT2D eigenvalue weighted by Gasteiger charge is -2.49. The Morgan fingerprint density at radius 2 is 1.95 bits per heavy atom. The van der Waals surface area contributed by atoms with Crippen molar-refractivity contribution in [1.82, 2.24) is 25.5 Å². The molecule has 15 nitrogen and oxygen atoms in total. The van der Waals surface area contributed by atoms with Crippen LogP contribution in [-0.2, 0) is 23.9 Å². The summed E-state index contributed by atoms with van der Waals surface area (Å²) >= 11 is 1.14. The van der Waals surface area contributed by atoms with E-state index in [4.69, 9.17) is 4.74 Å². The van der Waals surface area contributed by atoms with Crippen LogP contribution >= 0.6 is 11.8 Å². The molecule has 1 fully saturated rings. The Morgan fingerprint density at radius 3 is 2.65 bits per heavy atom. The molecule has 16 heteroatoms. The zero-order valence-corrected chi connectivity index (χ0v) is 23.0. The maximum atomic E-state index is 13.6. The van der Waals surface area contributed by atoms with Gasteiger partial charge in [-0.1, -0.05) is 6.07 Å². The lowest BCUT2D eigenvalue weighted by atomic mass is 10.0. The summed E-state index contributed by atoms with van der Waals surface area (Å²) in [6.45, 7) is 0.843. The van der Waals surface area contributed by atoms with Crippen LogP contribution in [0.5, 0.6) is 11.5 Å². The number of hydrogen-bond donors (Lipinski definition) is 6. The fraction of sp³-hybridized carbons (Fsp3) is 0.222. The fourth-order valence-electron chi connectivity index (χ4n) is 4.66. The number of β-lactam (4-membered cyclic amide) rings is 1. The lowest BCUT2D eigenvalue weighted by Crippen LogP contribution is -2.71. The Hall–Kier alpha value is -5.38. The van der Waals surface area contributed by atoms with E-state index in [9.17, 15) is 44.1 Å². The van der Waals surface area contributed by atoms with E-state index in [1.165, 1.54) is 12.3 Å². The first-order valence-electron chi connectivity index (χ1n) is 12.6. The first-order chi connectivity index (χ1) is 20.5. The third kappa shape index (κ3) is 5.46. The highest BCUT2D eigenvalue weighted by atomic mass is 32.2. The number of H-pyrrole nitrogens is 1. The summed E-state index contributed by atoms with van der Waals surface area (Å²) in [6.07, 6.45) is 2.53. The summed E-state index contributed by atoms with van der Waals surface area (Å²) < 4.78 is 4.91. The van der Waals surface area contributed by atoms with Crippen LogP contribution in [0.2, 0.25) is 0 Å².